The third kappa shape index (κ3) is 3.07. The Hall–Kier alpha value is -2.93. The number of nitrogens with one attached hydrogen (secondary N) is 1. The average Bonchev–Trinajstić information content (AvgIpc) is 2.95. The first-order valence-electron chi connectivity index (χ1n) is 7.10. The van der Waals surface area contributed by atoms with E-state index in [2.05, 4.69) is 9.97 Å². The molecule has 7 heteroatoms. The fourth-order valence-corrected chi connectivity index (χ4v) is 3.06. The predicted molar refractivity (Wildman–Crippen MR) is 92.7 cm³/mol. The monoisotopic (exact) mass is 341 g/mol. The van der Waals surface area contributed by atoms with Gasteiger partial charge in [-0.2, -0.15) is 0 Å². The van der Waals surface area contributed by atoms with Gasteiger partial charge in [-0.15, -0.1) is 0 Å². The molecule has 0 aliphatic carbocycles. The molecule has 0 atom stereocenters. The number of primary amides is 1. The fraction of sp³-hybridized carbons (Fsp3) is 0.0588. The summed E-state index contributed by atoms with van der Waals surface area (Å²) in [5, 5.41) is 0.865. The van der Waals surface area contributed by atoms with Crippen molar-refractivity contribution < 1.29 is 13.2 Å². The maximum atomic E-state index is 11.9. The fourth-order valence-electron chi connectivity index (χ4n) is 2.43. The summed E-state index contributed by atoms with van der Waals surface area (Å²) >= 11 is 0. The minimum atomic E-state index is -3.29. The first-order chi connectivity index (χ1) is 11.4. The second kappa shape index (κ2) is 5.93. The number of nitrogens with two attached hydrogens (primary N) is 1. The molecule has 3 N–H and O–H groups in total. The Morgan fingerprint density at radius 2 is 1.92 bits per heavy atom. The Kier molecular flexibility index (Phi) is 3.94. The molecule has 3 rings (SSSR count). The van der Waals surface area contributed by atoms with E-state index in [-0.39, 0.29) is 4.90 Å². The lowest BCUT2D eigenvalue weighted by Crippen LogP contribution is -2.13. The van der Waals surface area contributed by atoms with Gasteiger partial charge in [-0.1, -0.05) is 12.1 Å². The number of pyridine rings is 1. The molecule has 0 radical (unpaired) electrons. The van der Waals surface area contributed by atoms with Crippen LogP contribution in [-0.2, 0) is 14.6 Å². The number of hydrogen-bond donors (Lipinski definition) is 2. The molecule has 0 aliphatic heterocycles. The van der Waals surface area contributed by atoms with Crippen LogP contribution < -0.4 is 5.73 Å². The van der Waals surface area contributed by atoms with E-state index in [4.69, 9.17) is 5.73 Å². The van der Waals surface area contributed by atoms with Crippen LogP contribution >= 0.6 is 0 Å². The molecule has 0 unspecified atom stereocenters. The number of hydrogen-bond acceptors (Lipinski definition) is 4. The molecule has 0 saturated carbocycles. The van der Waals surface area contributed by atoms with Crippen molar-refractivity contribution >= 4 is 38.4 Å². The summed E-state index contributed by atoms with van der Waals surface area (Å²) in [7, 11) is -3.29. The van der Waals surface area contributed by atoms with Gasteiger partial charge in [-0.3, -0.25) is 4.79 Å². The Morgan fingerprint density at radius 1 is 1.21 bits per heavy atom. The lowest BCUT2D eigenvalue weighted by molar-refractivity contribution is -0.112. The summed E-state index contributed by atoms with van der Waals surface area (Å²) in [6, 6.07) is 9.74. The van der Waals surface area contributed by atoms with Gasteiger partial charge in [0.2, 0.25) is 5.91 Å². The minimum Gasteiger partial charge on any atom is -0.366 e. The molecule has 24 heavy (non-hydrogen) atoms. The van der Waals surface area contributed by atoms with Crippen molar-refractivity contribution in [1.29, 1.82) is 0 Å². The van der Waals surface area contributed by atoms with E-state index in [1.165, 1.54) is 12.1 Å². The average molecular weight is 341 g/mol. The number of carbonyl (C=O) groups excluding carboxylic acids is 1. The molecule has 122 valence electrons. The highest BCUT2D eigenvalue weighted by Crippen LogP contribution is 2.24. The molecule has 0 spiro atoms. The summed E-state index contributed by atoms with van der Waals surface area (Å²) < 4.78 is 23.1. The largest absolute Gasteiger partial charge is 0.366 e. The van der Waals surface area contributed by atoms with E-state index < -0.39 is 15.7 Å². The molecule has 3 aromatic rings. The molecule has 0 saturated heterocycles. The number of sulfone groups is 1. The SMILES string of the molecule is CS(=O)(=O)c1ccc(C(=Cc2c[nH]c3ncccc23)C(N)=O)cc1. The van der Waals surface area contributed by atoms with Gasteiger partial charge in [0.1, 0.15) is 5.65 Å². The van der Waals surface area contributed by atoms with E-state index in [9.17, 15) is 13.2 Å². The highest BCUT2D eigenvalue weighted by Gasteiger charge is 2.12. The molecule has 2 heterocycles. The zero-order valence-corrected chi connectivity index (χ0v) is 13.7. The predicted octanol–water partition coefficient (Wildman–Crippen LogP) is 1.99. The molecular formula is C17H15N3O3S. The van der Waals surface area contributed by atoms with Crippen molar-refractivity contribution in [2.45, 2.75) is 4.90 Å². The van der Waals surface area contributed by atoms with Crippen molar-refractivity contribution in [3.8, 4) is 0 Å². The van der Waals surface area contributed by atoms with Crippen molar-refractivity contribution in [1.82, 2.24) is 9.97 Å². The maximum absolute atomic E-state index is 11.9. The molecule has 0 aliphatic rings. The third-order valence-corrected chi connectivity index (χ3v) is 4.77. The second-order valence-corrected chi connectivity index (χ2v) is 7.38. The summed E-state index contributed by atoms with van der Waals surface area (Å²) in [6.07, 6.45) is 6.21. The quantitative estimate of drug-likeness (QED) is 0.708. The number of nitrogens with zero attached hydrogens (tertiary/aromatic N) is 1. The number of fused-ring (bicyclic) bond motifs is 1. The number of carbonyl (C=O) groups is 1. The van der Waals surface area contributed by atoms with Crippen LogP contribution in [0.1, 0.15) is 11.1 Å². The molecule has 0 fully saturated rings. The molecule has 6 nitrogen and oxygen atoms in total. The smallest absolute Gasteiger partial charge is 0.249 e. The van der Waals surface area contributed by atoms with Crippen LogP contribution in [0.4, 0.5) is 0 Å². The number of amides is 1. The summed E-state index contributed by atoms with van der Waals surface area (Å²) in [5.41, 5.74) is 7.83. The summed E-state index contributed by atoms with van der Waals surface area (Å²) in [4.78, 5) is 19.3. The van der Waals surface area contributed by atoms with Gasteiger partial charge < -0.3 is 10.7 Å². The van der Waals surface area contributed by atoms with Crippen molar-refractivity contribution in [2.24, 2.45) is 5.73 Å². The molecule has 0 bridgehead atoms. The van der Waals surface area contributed by atoms with E-state index in [0.29, 0.717) is 16.8 Å². The standard InChI is InChI=1S/C17H15N3O3S/c1-24(22,23)13-6-4-11(5-7-13)15(16(18)21)9-12-10-20-17-14(12)3-2-8-19-17/h2-10H,1H3,(H2,18,21)(H,19,20). The van der Waals surface area contributed by atoms with E-state index >= 15 is 0 Å². The van der Waals surface area contributed by atoms with Gasteiger partial charge in [0.05, 0.1) is 4.90 Å². The minimum absolute atomic E-state index is 0.186. The molecular weight excluding hydrogens is 326 g/mol. The van der Waals surface area contributed by atoms with E-state index in [1.54, 1.807) is 36.7 Å². The molecule has 2 aromatic heterocycles. The Bertz CT molecular complexity index is 1050. The molecule has 1 aromatic carbocycles. The van der Waals surface area contributed by atoms with Crippen LogP contribution in [0.3, 0.4) is 0 Å². The normalized spacial score (nSPS) is 12.5. The van der Waals surface area contributed by atoms with Crippen LogP contribution in [0, 0.1) is 0 Å². The number of aromatic amines is 1. The number of H-pyrrole nitrogens is 1. The highest BCUT2D eigenvalue weighted by atomic mass is 32.2. The van der Waals surface area contributed by atoms with Gasteiger partial charge in [-0.25, -0.2) is 13.4 Å². The second-order valence-electron chi connectivity index (χ2n) is 5.36. The third-order valence-electron chi connectivity index (χ3n) is 3.64. The van der Waals surface area contributed by atoms with Crippen LogP contribution in [0.15, 0.2) is 53.7 Å². The van der Waals surface area contributed by atoms with Gasteiger partial charge >= 0.3 is 0 Å². The van der Waals surface area contributed by atoms with Crippen LogP contribution in [0.25, 0.3) is 22.7 Å². The Morgan fingerprint density at radius 3 is 2.54 bits per heavy atom. The zero-order chi connectivity index (χ0) is 17.3. The number of rotatable bonds is 4. The first-order valence-corrected chi connectivity index (χ1v) is 8.99. The Labute approximate surface area is 138 Å². The van der Waals surface area contributed by atoms with Gasteiger partial charge in [-0.05, 0) is 35.9 Å². The van der Waals surface area contributed by atoms with Crippen LogP contribution in [0.5, 0.6) is 0 Å². The van der Waals surface area contributed by atoms with Crippen LogP contribution in [-0.4, -0.2) is 30.5 Å². The molecule has 1 amide bonds. The van der Waals surface area contributed by atoms with Crippen LogP contribution in [0.2, 0.25) is 0 Å². The topological polar surface area (TPSA) is 106 Å². The lowest BCUT2D eigenvalue weighted by Gasteiger charge is -2.05. The zero-order valence-electron chi connectivity index (χ0n) is 12.9. The summed E-state index contributed by atoms with van der Waals surface area (Å²) in [5.74, 6) is -0.597. The highest BCUT2D eigenvalue weighted by molar-refractivity contribution is 7.90. The van der Waals surface area contributed by atoms with E-state index in [1.807, 2.05) is 6.07 Å². The lowest BCUT2D eigenvalue weighted by atomic mass is 10.0. The van der Waals surface area contributed by atoms with Crippen molar-refractivity contribution in [2.75, 3.05) is 6.26 Å². The first kappa shape index (κ1) is 15.9. The Balaban J connectivity index is 2.09. The van der Waals surface area contributed by atoms with Crippen molar-refractivity contribution in [3.05, 3.63) is 59.9 Å². The number of aromatic nitrogens is 2. The summed E-state index contributed by atoms with van der Waals surface area (Å²) in [6.45, 7) is 0. The van der Waals surface area contributed by atoms with Gasteiger partial charge in [0.15, 0.2) is 9.84 Å². The van der Waals surface area contributed by atoms with Gasteiger partial charge in [0, 0.05) is 35.2 Å². The maximum Gasteiger partial charge on any atom is 0.249 e. The van der Waals surface area contributed by atoms with Crippen molar-refractivity contribution in [3.63, 3.8) is 0 Å². The van der Waals surface area contributed by atoms with Gasteiger partial charge in [0.25, 0.3) is 0 Å². The number of benzene rings is 1. The van der Waals surface area contributed by atoms with E-state index in [0.717, 1.165) is 17.2 Å².